The Morgan fingerprint density at radius 3 is 2.75 bits per heavy atom. The Bertz CT molecular complexity index is 1290. The minimum absolute atomic E-state index is 0.0298. The van der Waals surface area contributed by atoms with Gasteiger partial charge in [-0.1, -0.05) is 6.07 Å². The number of hydrogen-bond donors (Lipinski definition) is 0. The van der Waals surface area contributed by atoms with Crippen molar-refractivity contribution in [3.63, 3.8) is 0 Å². The fraction of sp³-hybridized carbons (Fsp3) is 0.269. The molecule has 0 bridgehead atoms. The molecule has 32 heavy (non-hydrogen) atoms. The van der Waals surface area contributed by atoms with Crippen LogP contribution < -0.4 is 4.74 Å². The number of pyridine rings is 1. The number of carbonyl (C=O) groups excluding carboxylic acids is 1. The monoisotopic (exact) mass is 426 g/mol. The lowest BCUT2D eigenvalue weighted by atomic mass is 9.95. The Balaban J connectivity index is 1.45. The molecule has 3 heterocycles. The van der Waals surface area contributed by atoms with Gasteiger partial charge < -0.3 is 9.64 Å². The molecule has 0 radical (unpaired) electrons. The van der Waals surface area contributed by atoms with Crippen LogP contribution in [0.3, 0.4) is 0 Å². The Kier molecular flexibility index (Phi) is 5.13. The summed E-state index contributed by atoms with van der Waals surface area (Å²) in [6.07, 6.45) is 2.54. The molecular formula is C26H26N4O2. The van der Waals surface area contributed by atoms with Crippen LogP contribution in [0.15, 0.2) is 60.8 Å². The van der Waals surface area contributed by atoms with E-state index in [4.69, 9.17) is 9.84 Å². The largest absolute Gasteiger partial charge is 0.494 e. The highest BCUT2D eigenvalue weighted by Gasteiger charge is 2.33. The molecule has 1 aliphatic heterocycles. The summed E-state index contributed by atoms with van der Waals surface area (Å²) < 4.78 is 7.51. The zero-order chi connectivity index (χ0) is 22.2. The van der Waals surface area contributed by atoms with Gasteiger partial charge in [0.1, 0.15) is 5.75 Å². The predicted octanol–water partition coefficient (Wildman–Crippen LogP) is 4.79. The number of ether oxygens (including phenoxy) is 1. The second-order valence-electron chi connectivity index (χ2n) is 8.13. The van der Waals surface area contributed by atoms with Crippen LogP contribution in [-0.4, -0.2) is 38.7 Å². The molecule has 0 aliphatic carbocycles. The summed E-state index contributed by atoms with van der Waals surface area (Å²) >= 11 is 0. The molecule has 0 spiro atoms. The van der Waals surface area contributed by atoms with Gasteiger partial charge in [-0.2, -0.15) is 5.10 Å². The average molecular weight is 427 g/mol. The van der Waals surface area contributed by atoms with Crippen molar-refractivity contribution in [2.75, 3.05) is 13.2 Å². The van der Waals surface area contributed by atoms with E-state index in [0.717, 1.165) is 40.0 Å². The number of amides is 1. The van der Waals surface area contributed by atoms with E-state index in [2.05, 4.69) is 24.0 Å². The molecule has 6 heteroatoms. The van der Waals surface area contributed by atoms with Gasteiger partial charge in [0.2, 0.25) is 0 Å². The van der Waals surface area contributed by atoms with Gasteiger partial charge in [0.15, 0.2) is 0 Å². The summed E-state index contributed by atoms with van der Waals surface area (Å²) in [4.78, 5) is 19.7. The summed E-state index contributed by atoms with van der Waals surface area (Å²) in [6, 6.07) is 17.6. The van der Waals surface area contributed by atoms with Gasteiger partial charge in [0, 0.05) is 41.9 Å². The standard InChI is InChI=1S/C26H26N4O2/c1-4-32-21-10-7-18(8-11-21)25-22-13-15-30(17(2)24(22)28-29(25)3)26(31)20-9-12-23-19(16-20)6-5-14-27-23/h5-12,14,16-17H,4,13,15H2,1-3H3/t17-/m0/s1. The molecule has 0 saturated heterocycles. The van der Waals surface area contributed by atoms with Crippen molar-refractivity contribution in [2.45, 2.75) is 26.3 Å². The molecule has 4 aromatic rings. The first-order chi connectivity index (χ1) is 15.6. The molecule has 1 atom stereocenters. The van der Waals surface area contributed by atoms with E-state index in [0.29, 0.717) is 18.7 Å². The molecule has 0 N–H and O–H groups in total. The molecule has 1 amide bonds. The van der Waals surface area contributed by atoms with E-state index in [1.165, 1.54) is 5.56 Å². The SMILES string of the molecule is CCOc1ccc(-c2c3c(nn2C)[C@H](C)N(C(=O)c2ccc4ncccc4c2)CC3)cc1. The van der Waals surface area contributed by atoms with Crippen molar-refractivity contribution < 1.29 is 9.53 Å². The number of nitrogens with zero attached hydrogens (tertiary/aromatic N) is 4. The van der Waals surface area contributed by atoms with Crippen LogP contribution in [0.4, 0.5) is 0 Å². The van der Waals surface area contributed by atoms with Crippen molar-refractivity contribution in [1.29, 1.82) is 0 Å². The zero-order valence-electron chi connectivity index (χ0n) is 18.6. The molecule has 6 nitrogen and oxygen atoms in total. The number of aromatic nitrogens is 3. The lowest BCUT2D eigenvalue weighted by Crippen LogP contribution is -2.38. The minimum atomic E-state index is -0.0986. The van der Waals surface area contributed by atoms with Gasteiger partial charge in [-0.15, -0.1) is 0 Å². The fourth-order valence-corrected chi connectivity index (χ4v) is 4.63. The van der Waals surface area contributed by atoms with Crippen molar-refractivity contribution in [2.24, 2.45) is 7.05 Å². The normalized spacial score (nSPS) is 15.6. The number of rotatable bonds is 4. The highest BCUT2D eigenvalue weighted by atomic mass is 16.5. The third-order valence-electron chi connectivity index (χ3n) is 6.19. The summed E-state index contributed by atoms with van der Waals surface area (Å²) in [7, 11) is 1.97. The van der Waals surface area contributed by atoms with Crippen LogP contribution in [0.2, 0.25) is 0 Å². The van der Waals surface area contributed by atoms with Crippen LogP contribution in [0.1, 0.15) is 41.5 Å². The predicted molar refractivity (Wildman–Crippen MR) is 125 cm³/mol. The first kappa shape index (κ1) is 20.2. The van der Waals surface area contributed by atoms with Crippen molar-refractivity contribution in [1.82, 2.24) is 19.7 Å². The Labute approximate surface area is 187 Å². The van der Waals surface area contributed by atoms with Crippen molar-refractivity contribution >= 4 is 16.8 Å². The minimum Gasteiger partial charge on any atom is -0.494 e. The zero-order valence-corrected chi connectivity index (χ0v) is 18.6. The summed E-state index contributed by atoms with van der Waals surface area (Å²) in [5.41, 5.74) is 5.98. The second-order valence-corrected chi connectivity index (χ2v) is 8.13. The van der Waals surface area contributed by atoms with Gasteiger partial charge in [0.05, 0.1) is 29.6 Å². The molecule has 0 unspecified atom stereocenters. The molecule has 162 valence electrons. The summed E-state index contributed by atoms with van der Waals surface area (Å²) in [5.74, 6) is 0.894. The molecule has 2 aromatic carbocycles. The Morgan fingerprint density at radius 2 is 1.97 bits per heavy atom. The number of aryl methyl sites for hydroxylation is 1. The van der Waals surface area contributed by atoms with Crippen LogP contribution in [0, 0.1) is 0 Å². The van der Waals surface area contributed by atoms with E-state index < -0.39 is 0 Å². The van der Waals surface area contributed by atoms with Gasteiger partial charge in [-0.3, -0.25) is 14.5 Å². The maximum Gasteiger partial charge on any atom is 0.254 e. The number of benzene rings is 2. The van der Waals surface area contributed by atoms with E-state index >= 15 is 0 Å². The number of hydrogen-bond acceptors (Lipinski definition) is 4. The van der Waals surface area contributed by atoms with E-state index in [9.17, 15) is 4.79 Å². The van der Waals surface area contributed by atoms with Crippen molar-refractivity contribution in [3.05, 3.63) is 77.6 Å². The number of carbonyl (C=O) groups is 1. The van der Waals surface area contributed by atoms with Crippen molar-refractivity contribution in [3.8, 4) is 17.0 Å². The Hall–Kier alpha value is -3.67. The van der Waals surface area contributed by atoms with Gasteiger partial charge in [0.25, 0.3) is 5.91 Å². The van der Waals surface area contributed by atoms with Crippen LogP contribution in [0.5, 0.6) is 5.75 Å². The number of fused-ring (bicyclic) bond motifs is 2. The maximum absolute atomic E-state index is 13.4. The van der Waals surface area contributed by atoms with E-state index in [-0.39, 0.29) is 11.9 Å². The van der Waals surface area contributed by atoms with Crippen LogP contribution >= 0.6 is 0 Å². The smallest absolute Gasteiger partial charge is 0.254 e. The summed E-state index contributed by atoms with van der Waals surface area (Å²) in [6.45, 7) is 5.35. The van der Waals surface area contributed by atoms with Gasteiger partial charge in [-0.25, -0.2) is 0 Å². The highest BCUT2D eigenvalue weighted by Crippen LogP contribution is 2.36. The van der Waals surface area contributed by atoms with Gasteiger partial charge >= 0.3 is 0 Å². The maximum atomic E-state index is 13.4. The topological polar surface area (TPSA) is 60.2 Å². The third-order valence-corrected chi connectivity index (χ3v) is 6.19. The molecular weight excluding hydrogens is 400 g/mol. The average Bonchev–Trinajstić information content (AvgIpc) is 3.16. The third kappa shape index (κ3) is 3.42. The molecule has 0 saturated carbocycles. The Morgan fingerprint density at radius 1 is 1.16 bits per heavy atom. The molecule has 1 aliphatic rings. The molecule has 2 aromatic heterocycles. The molecule has 0 fully saturated rings. The second kappa shape index (κ2) is 8.11. The van der Waals surface area contributed by atoms with Crippen LogP contribution in [-0.2, 0) is 13.5 Å². The first-order valence-electron chi connectivity index (χ1n) is 11.0. The lowest BCUT2D eigenvalue weighted by Gasteiger charge is -2.33. The fourth-order valence-electron chi connectivity index (χ4n) is 4.63. The lowest BCUT2D eigenvalue weighted by molar-refractivity contribution is 0.0674. The van der Waals surface area contributed by atoms with E-state index in [1.807, 2.05) is 66.0 Å². The highest BCUT2D eigenvalue weighted by molar-refractivity contribution is 5.98. The molecule has 5 rings (SSSR count). The van der Waals surface area contributed by atoms with E-state index in [1.54, 1.807) is 6.20 Å². The quantitative estimate of drug-likeness (QED) is 0.471. The summed E-state index contributed by atoms with van der Waals surface area (Å²) in [5, 5.41) is 5.80. The van der Waals surface area contributed by atoms with Crippen LogP contribution in [0.25, 0.3) is 22.2 Å². The first-order valence-corrected chi connectivity index (χ1v) is 11.0. The van der Waals surface area contributed by atoms with Gasteiger partial charge in [-0.05, 0) is 68.8 Å².